The highest BCUT2D eigenvalue weighted by Crippen LogP contribution is 2.10. The molecule has 0 heterocycles. The van der Waals surface area contributed by atoms with Gasteiger partial charge < -0.3 is 11.1 Å². The molecular weight excluding hydrogens is 152 g/mol. The number of nitrogens with one attached hydrogen (secondary N) is 1. The summed E-state index contributed by atoms with van der Waals surface area (Å²) in [5, 5.41) is 2.52. The smallest absolute Gasteiger partial charge is 0.236 e. The molecule has 0 aromatic heterocycles. The maximum atomic E-state index is 11.0. The molecule has 3 N–H and O–H groups in total. The lowest BCUT2D eigenvalue weighted by Gasteiger charge is -2.14. The van der Waals surface area contributed by atoms with E-state index in [1.807, 2.05) is 6.08 Å². The Bertz CT molecular complexity index is 157. The predicted octanol–water partition coefficient (Wildman–Crippen LogP) is 0.662. The lowest BCUT2D eigenvalue weighted by molar-refractivity contribution is -0.122. The van der Waals surface area contributed by atoms with Gasteiger partial charge in [-0.25, -0.2) is 0 Å². The fourth-order valence-corrected chi connectivity index (χ4v) is 1.05. The van der Waals surface area contributed by atoms with Crippen LogP contribution in [0.2, 0.25) is 0 Å². The number of amides is 1. The zero-order chi connectivity index (χ0) is 9.56. The van der Waals surface area contributed by atoms with Gasteiger partial charge in [-0.15, -0.1) is 6.58 Å². The molecule has 0 radical (unpaired) electrons. The van der Waals surface area contributed by atoms with Gasteiger partial charge in [0.25, 0.3) is 0 Å². The van der Waals surface area contributed by atoms with Crippen LogP contribution in [0.4, 0.5) is 0 Å². The van der Waals surface area contributed by atoms with Crippen molar-refractivity contribution in [1.82, 2.24) is 5.32 Å². The fourth-order valence-electron chi connectivity index (χ4n) is 1.05. The number of nitrogens with two attached hydrogens (primary N) is 1. The van der Waals surface area contributed by atoms with E-state index in [0.29, 0.717) is 12.3 Å². The second kappa shape index (κ2) is 5.77. The van der Waals surface area contributed by atoms with E-state index in [0.717, 1.165) is 6.42 Å². The SMILES string of the molecule is C=C[C@@H](CC)CC(N)C(=O)NC. The summed E-state index contributed by atoms with van der Waals surface area (Å²) in [6, 6.07) is -0.405. The molecule has 0 spiro atoms. The first kappa shape index (κ1) is 11.2. The van der Waals surface area contributed by atoms with E-state index < -0.39 is 6.04 Å². The monoisotopic (exact) mass is 170 g/mol. The first-order valence-electron chi connectivity index (χ1n) is 4.25. The van der Waals surface area contributed by atoms with Crippen molar-refractivity contribution in [2.45, 2.75) is 25.8 Å². The number of rotatable bonds is 5. The Morgan fingerprint density at radius 2 is 2.33 bits per heavy atom. The van der Waals surface area contributed by atoms with Crippen LogP contribution in [0.25, 0.3) is 0 Å². The molecule has 3 nitrogen and oxygen atoms in total. The van der Waals surface area contributed by atoms with E-state index in [-0.39, 0.29) is 5.91 Å². The van der Waals surface area contributed by atoms with Crippen LogP contribution in [-0.2, 0) is 4.79 Å². The van der Waals surface area contributed by atoms with Gasteiger partial charge in [0.1, 0.15) is 0 Å². The molecule has 12 heavy (non-hydrogen) atoms. The van der Waals surface area contributed by atoms with Crippen LogP contribution < -0.4 is 11.1 Å². The topological polar surface area (TPSA) is 55.1 Å². The molecule has 2 atom stereocenters. The minimum absolute atomic E-state index is 0.102. The first-order valence-corrected chi connectivity index (χ1v) is 4.25. The Morgan fingerprint density at radius 1 is 1.75 bits per heavy atom. The Kier molecular flexibility index (Phi) is 5.37. The zero-order valence-electron chi connectivity index (χ0n) is 7.84. The Morgan fingerprint density at radius 3 is 2.67 bits per heavy atom. The third kappa shape index (κ3) is 3.53. The standard InChI is InChI=1S/C9H18N2O/c1-4-7(5-2)6-8(10)9(12)11-3/h4,7-8H,1,5-6,10H2,2-3H3,(H,11,12)/t7-,8?/m0/s1. The van der Waals surface area contributed by atoms with Crippen molar-refractivity contribution in [2.75, 3.05) is 7.05 Å². The first-order chi connectivity index (χ1) is 5.65. The average Bonchev–Trinajstić information content (AvgIpc) is 2.12. The number of hydrogen-bond acceptors (Lipinski definition) is 2. The van der Waals surface area contributed by atoms with Gasteiger partial charge in [0.15, 0.2) is 0 Å². The summed E-state index contributed by atoms with van der Waals surface area (Å²) in [5.41, 5.74) is 5.62. The highest BCUT2D eigenvalue weighted by Gasteiger charge is 2.14. The van der Waals surface area contributed by atoms with E-state index >= 15 is 0 Å². The van der Waals surface area contributed by atoms with E-state index in [1.165, 1.54) is 0 Å². The molecule has 0 rings (SSSR count). The maximum absolute atomic E-state index is 11.0. The molecule has 0 aliphatic carbocycles. The number of allylic oxidation sites excluding steroid dienone is 1. The number of likely N-dealkylation sites (N-methyl/N-ethyl adjacent to an activating group) is 1. The van der Waals surface area contributed by atoms with Crippen LogP contribution in [0.1, 0.15) is 19.8 Å². The summed E-state index contributed by atoms with van der Waals surface area (Å²) >= 11 is 0. The number of carbonyl (C=O) groups excluding carboxylic acids is 1. The quantitative estimate of drug-likeness (QED) is 0.596. The second-order valence-electron chi connectivity index (χ2n) is 2.86. The second-order valence-corrected chi connectivity index (χ2v) is 2.86. The van der Waals surface area contributed by atoms with Crippen LogP contribution in [0.15, 0.2) is 12.7 Å². The van der Waals surface area contributed by atoms with Crippen LogP contribution in [-0.4, -0.2) is 19.0 Å². The predicted molar refractivity (Wildman–Crippen MR) is 50.6 cm³/mol. The van der Waals surface area contributed by atoms with Gasteiger partial charge in [0, 0.05) is 7.05 Å². The maximum Gasteiger partial charge on any atom is 0.236 e. The molecule has 1 amide bonds. The fraction of sp³-hybridized carbons (Fsp3) is 0.667. The summed E-state index contributed by atoms with van der Waals surface area (Å²) < 4.78 is 0. The summed E-state index contributed by atoms with van der Waals surface area (Å²) in [4.78, 5) is 11.0. The molecule has 0 aliphatic rings. The van der Waals surface area contributed by atoms with Crippen molar-refractivity contribution in [3.8, 4) is 0 Å². The molecule has 70 valence electrons. The number of carbonyl (C=O) groups is 1. The average molecular weight is 170 g/mol. The van der Waals surface area contributed by atoms with Gasteiger partial charge in [-0.1, -0.05) is 13.0 Å². The summed E-state index contributed by atoms with van der Waals surface area (Å²) in [6.07, 6.45) is 3.51. The van der Waals surface area contributed by atoms with Gasteiger partial charge in [0.05, 0.1) is 6.04 Å². The molecule has 0 bridgehead atoms. The molecule has 0 aromatic rings. The van der Waals surface area contributed by atoms with E-state index in [2.05, 4.69) is 18.8 Å². The van der Waals surface area contributed by atoms with Crippen molar-refractivity contribution < 1.29 is 4.79 Å². The Balaban J connectivity index is 3.88. The van der Waals surface area contributed by atoms with Crippen LogP contribution in [0, 0.1) is 5.92 Å². The van der Waals surface area contributed by atoms with Crippen LogP contribution in [0.5, 0.6) is 0 Å². The van der Waals surface area contributed by atoms with Crippen molar-refractivity contribution in [3.63, 3.8) is 0 Å². The van der Waals surface area contributed by atoms with E-state index in [1.54, 1.807) is 7.05 Å². The van der Waals surface area contributed by atoms with Crippen molar-refractivity contribution in [1.29, 1.82) is 0 Å². The van der Waals surface area contributed by atoms with Crippen LogP contribution in [0.3, 0.4) is 0 Å². The summed E-state index contributed by atoms with van der Waals surface area (Å²) in [7, 11) is 1.59. The van der Waals surface area contributed by atoms with Gasteiger partial charge in [-0.05, 0) is 18.8 Å². The zero-order valence-corrected chi connectivity index (χ0v) is 7.84. The third-order valence-electron chi connectivity index (χ3n) is 2.00. The molecule has 0 saturated carbocycles. The molecule has 3 heteroatoms. The van der Waals surface area contributed by atoms with Gasteiger partial charge in [-0.2, -0.15) is 0 Å². The molecule has 0 aromatic carbocycles. The lowest BCUT2D eigenvalue weighted by Crippen LogP contribution is -2.39. The van der Waals surface area contributed by atoms with E-state index in [4.69, 9.17) is 5.73 Å². The Labute approximate surface area is 74.0 Å². The number of hydrogen-bond donors (Lipinski definition) is 2. The van der Waals surface area contributed by atoms with Crippen molar-refractivity contribution >= 4 is 5.91 Å². The largest absolute Gasteiger partial charge is 0.358 e. The van der Waals surface area contributed by atoms with Gasteiger partial charge in [-0.3, -0.25) is 4.79 Å². The van der Waals surface area contributed by atoms with Crippen LogP contribution >= 0.6 is 0 Å². The van der Waals surface area contributed by atoms with Gasteiger partial charge >= 0.3 is 0 Å². The minimum atomic E-state index is -0.405. The molecule has 0 fully saturated rings. The van der Waals surface area contributed by atoms with Gasteiger partial charge in [0.2, 0.25) is 5.91 Å². The highest BCUT2D eigenvalue weighted by atomic mass is 16.2. The van der Waals surface area contributed by atoms with Crippen molar-refractivity contribution in [3.05, 3.63) is 12.7 Å². The molecule has 0 aliphatic heterocycles. The molecule has 0 saturated heterocycles. The minimum Gasteiger partial charge on any atom is -0.358 e. The molecular formula is C9H18N2O. The molecule has 1 unspecified atom stereocenters. The van der Waals surface area contributed by atoms with E-state index in [9.17, 15) is 4.79 Å². The third-order valence-corrected chi connectivity index (χ3v) is 2.00. The Hall–Kier alpha value is -0.830. The summed E-state index contributed by atoms with van der Waals surface area (Å²) in [6.45, 7) is 5.74. The lowest BCUT2D eigenvalue weighted by atomic mass is 9.97. The normalized spacial score (nSPS) is 14.9. The van der Waals surface area contributed by atoms with Crippen molar-refractivity contribution in [2.24, 2.45) is 11.7 Å². The summed E-state index contributed by atoms with van der Waals surface area (Å²) in [5.74, 6) is 0.243. The highest BCUT2D eigenvalue weighted by molar-refractivity contribution is 5.81.